The first-order chi connectivity index (χ1) is 25.0. The molecular weight excluding hydrogens is 644 g/mol. The van der Waals surface area contributed by atoms with E-state index < -0.39 is 12.2 Å². The number of hydroxylamine groups is 1. The molecule has 0 saturated carbocycles. The lowest BCUT2D eigenvalue weighted by molar-refractivity contribution is -0.253. The second-order valence-corrected chi connectivity index (χ2v) is 14.3. The number of nitrogens with zero attached hydrogens (tertiary/aromatic N) is 2. The molecule has 2 amide bonds. The van der Waals surface area contributed by atoms with Gasteiger partial charge in [0.2, 0.25) is 11.8 Å². The molecule has 4 N–H and O–H groups in total. The van der Waals surface area contributed by atoms with Crippen LogP contribution in [0.5, 0.6) is 0 Å². The molecule has 274 valence electrons. The van der Waals surface area contributed by atoms with Crippen molar-refractivity contribution in [3.8, 4) is 11.1 Å². The van der Waals surface area contributed by atoms with Gasteiger partial charge in [0, 0.05) is 50.5 Å². The number of aliphatic hydroxyl groups is 1. The molecular formula is C41H54N4O6. The second kappa shape index (κ2) is 18.7. The molecule has 3 aromatic carbocycles. The Morgan fingerprint density at radius 1 is 0.765 bits per heavy atom. The lowest BCUT2D eigenvalue weighted by atomic mass is 9.98. The average molecular weight is 699 g/mol. The Kier molecular flexibility index (Phi) is 13.6. The van der Waals surface area contributed by atoms with Gasteiger partial charge >= 0.3 is 0 Å². The Labute approximate surface area is 302 Å². The molecule has 3 aliphatic rings. The number of nitrogens with one attached hydrogen (secondary N) is 2. The number of unbranched alkanes of at least 4 members (excludes halogenated alkanes) is 2. The topological polar surface area (TPSA) is 124 Å². The van der Waals surface area contributed by atoms with E-state index in [-0.39, 0.29) is 31.1 Å². The van der Waals surface area contributed by atoms with E-state index in [4.69, 9.17) is 14.7 Å². The minimum absolute atomic E-state index is 0.0170. The van der Waals surface area contributed by atoms with Crippen molar-refractivity contribution in [2.24, 2.45) is 0 Å². The Morgan fingerprint density at radius 3 is 2.25 bits per heavy atom. The molecule has 4 unspecified atom stereocenters. The van der Waals surface area contributed by atoms with Gasteiger partial charge in [-0.05, 0) is 92.0 Å². The van der Waals surface area contributed by atoms with E-state index in [0.29, 0.717) is 31.8 Å². The van der Waals surface area contributed by atoms with Gasteiger partial charge in [-0.1, -0.05) is 73.2 Å². The van der Waals surface area contributed by atoms with Gasteiger partial charge in [0.25, 0.3) is 0 Å². The van der Waals surface area contributed by atoms with E-state index in [9.17, 15) is 14.7 Å². The van der Waals surface area contributed by atoms with Crippen LogP contribution < -0.4 is 10.8 Å². The van der Waals surface area contributed by atoms with Crippen molar-refractivity contribution in [3.63, 3.8) is 0 Å². The van der Waals surface area contributed by atoms with E-state index >= 15 is 0 Å². The monoisotopic (exact) mass is 698 g/mol. The number of benzene rings is 3. The van der Waals surface area contributed by atoms with Crippen molar-refractivity contribution >= 4 is 11.8 Å². The Morgan fingerprint density at radius 2 is 1.51 bits per heavy atom. The van der Waals surface area contributed by atoms with Gasteiger partial charge in [0.05, 0.1) is 18.8 Å². The number of carbonyl (C=O) groups excluding carboxylic acids is 2. The van der Waals surface area contributed by atoms with Gasteiger partial charge in [0.15, 0.2) is 6.29 Å². The first-order valence-electron chi connectivity index (χ1n) is 18.8. The van der Waals surface area contributed by atoms with Crippen LogP contribution in [0.15, 0.2) is 72.8 Å². The Bertz CT molecular complexity index is 1540. The van der Waals surface area contributed by atoms with Crippen LogP contribution in [0.3, 0.4) is 0 Å². The summed E-state index contributed by atoms with van der Waals surface area (Å²) in [4.78, 5) is 28.8. The summed E-state index contributed by atoms with van der Waals surface area (Å²) in [5.41, 5.74) is 7.77. The van der Waals surface area contributed by atoms with E-state index in [0.717, 1.165) is 65.9 Å². The maximum Gasteiger partial charge on any atom is 0.243 e. The fraction of sp³-hybridized carbons (Fsp3) is 0.512. The maximum atomic E-state index is 12.4. The minimum atomic E-state index is -0.492. The van der Waals surface area contributed by atoms with Crippen LogP contribution in [0.2, 0.25) is 0 Å². The zero-order valence-electron chi connectivity index (χ0n) is 29.7. The molecule has 51 heavy (non-hydrogen) atoms. The predicted molar refractivity (Wildman–Crippen MR) is 195 cm³/mol. The second-order valence-electron chi connectivity index (χ2n) is 14.3. The van der Waals surface area contributed by atoms with Gasteiger partial charge in [-0.25, -0.2) is 5.48 Å². The number of ether oxygens (including phenoxy) is 2. The highest BCUT2D eigenvalue weighted by Gasteiger charge is 2.36. The highest BCUT2D eigenvalue weighted by atomic mass is 16.7. The average Bonchev–Trinajstić information content (AvgIpc) is 3.86. The third kappa shape index (κ3) is 10.7. The summed E-state index contributed by atoms with van der Waals surface area (Å²) in [5, 5.41) is 21.2. The van der Waals surface area contributed by atoms with E-state index in [1.54, 1.807) is 5.48 Å². The van der Waals surface area contributed by atoms with Crippen molar-refractivity contribution in [2.75, 3.05) is 32.7 Å². The van der Waals surface area contributed by atoms with Crippen molar-refractivity contribution in [1.82, 2.24) is 20.6 Å². The summed E-state index contributed by atoms with van der Waals surface area (Å²) in [5.74, 6) is -0.417. The van der Waals surface area contributed by atoms with Gasteiger partial charge in [-0.2, -0.15) is 0 Å². The number of carbonyl (C=O) groups is 2. The summed E-state index contributed by atoms with van der Waals surface area (Å²) in [6, 6.07) is 25.3. The molecule has 0 radical (unpaired) electrons. The smallest absolute Gasteiger partial charge is 0.243 e. The molecule has 0 aliphatic carbocycles. The normalized spacial score (nSPS) is 22.6. The number of likely N-dealkylation sites (tertiary alicyclic amines) is 2. The van der Waals surface area contributed by atoms with Crippen molar-refractivity contribution in [1.29, 1.82) is 0 Å². The van der Waals surface area contributed by atoms with Crippen molar-refractivity contribution in [3.05, 3.63) is 95.1 Å². The van der Waals surface area contributed by atoms with E-state index in [1.165, 1.54) is 38.8 Å². The molecule has 3 aromatic rings. The molecule has 3 fully saturated rings. The summed E-state index contributed by atoms with van der Waals surface area (Å²) in [6.45, 7) is 6.08. The zero-order valence-corrected chi connectivity index (χ0v) is 29.7. The van der Waals surface area contributed by atoms with Crippen molar-refractivity contribution < 1.29 is 29.4 Å². The number of hydrogen-bond acceptors (Lipinski definition) is 8. The van der Waals surface area contributed by atoms with Crippen LogP contribution in [0.1, 0.15) is 98.9 Å². The largest absolute Gasteiger partial charge is 0.392 e. The number of rotatable bonds is 16. The molecule has 10 heteroatoms. The lowest BCUT2D eigenvalue weighted by Gasteiger charge is -2.39. The Hall–Kier alpha value is -3.64. The van der Waals surface area contributed by atoms with Gasteiger partial charge < -0.3 is 24.8 Å². The SMILES string of the molecule is O=C(CCCCCC(=O)NCc1cccc(-c2ccc(C3OC(CN4CCCC4CN4CCCC4)CC(c4ccc(CO)cc4)O3)cc2)c1)NO. The van der Waals surface area contributed by atoms with Crippen LogP contribution in [-0.2, 0) is 32.2 Å². The van der Waals surface area contributed by atoms with Gasteiger partial charge in [-0.3, -0.25) is 19.7 Å². The molecule has 4 atom stereocenters. The number of amides is 2. The lowest BCUT2D eigenvalue weighted by Crippen LogP contribution is -2.45. The highest BCUT2D eigenvalue weighted by molar-refractivity contribution is 5.76. The summed E-state index contributed by atoms with van der Waals surface area (Å²) < 4.78 is 13.4. The van der Waals surface area contributed by atoms with Crippen LogP contribution in [0, 0.1) is 0 Å². The van der Waals surface area contributed by atoms with Crippen LogP contribution in [0.4, 0.5) is 0 Å². The zero-order chi connectivity index (χ0) is 35.4. The number of hydrogen-bond donors (Lipinski definition) is 4. The molecule has 3 heterocycles. The quantitative estimate of drug-likeness (QED) is 0.0814. The van der Waals surface area contributed by atoms with Gasteiger partial charge in [0.1, 0.15) is 0 Å². The molecule has 0 spiro atoms. The Balaban J connectivity index is 1.08. The minimum Gasteiger partial charge on any atom is -0.392 e. The fourth-order valence-corrected chi connectivity index (χ4v) is 7.69. The molecule has 3 saturated heterocycles. The standard InChI is InChI=1S/C41H54N4O6/c46-29-30-13-15-33(16-14-30)38-25-37(28-45-23-7-10-36(45)27-44-21-4-5-22-44)50-41(51-38)34-19-17-32(18-20-34)35-9-6-8-31(24-35)26-42-39(47)11-2-1-3-12-40(48)43-49/h6,8-9,13-20,24,36-38,41,46,49H,1-5,7,10-12,21-23,25-29H2,(H,42,47)(H,43,48). The third-order valence-electron chi connectivity index (χ3n) is 10.6. The van der Waals surface area contributed by atoms with Crippen LogP contribution in [0.25, 0.3) is 11.1 Å². The molecule has 0 aromatic heterocycles. The molecule has 3 aliphatic heterocycles. The maximum absolute atomic E-state index is 12.4. The van der Waals surface area contributed by atoms with Crippen molar-refractivity contribution in [2.45, 2.75) is 102 Å². The fourth-order valence-electron chi connectivity index (χ4n) is 7.69. The first kappa shape index (κ1) is 37.1. The van der Waals surface area contributed by atoms with Gasteiger partial charge in [-0.15, -0.1) is 0 Å². The van der Waals surface area contributed by atoms with E-state index in [1.807, 2.05) is 24.3 Å². The summed E-state index contributed by atoms with van der Waals surface area (Å²) >= 11 is 0. The highest BCUT2D eigenvalue weighted by Crippen LogP contribution is 2.39. The van der Waals surface area contributed by atoms with E-state index in [2.05, 4.69) is 63.6 Å². The van der Waals surface area contributed by atoms with Crippen LogP contribution in [-0.4, -0.2) is 76.8 Å². The first-order valence-corrected chi connectivity index (χ1v) is 18.8. The predicted octanol–water partition coefficient (Wildman–Crippen LogP) is 6.02. The number of aliphatic hydroxyl groups excluding tert-OH is 1. The summed E-state index contributed by atoms with van der Waals surface area (Å²) in [6.07, 6.45) is 8.07. The molecule has 6 rings (SSSR count). The molecule has 10 nitrogen and oxygen atoms in total. The summed E-state index contributed by atoms with van der Waals surface area (Å²) in [7, 11) is 0. The molecule has 0 bridgehead atoms. The van der Waals surface area contributed by atoms with Crippen LogP contribution >= 0.6 is 0 Å². The third-order valence-corrected chi connectivity index (χ3v) is 10.6.